The first-order valence-electron chi connectivity index (χ1n) is 20.1. The molecule has 0 spiro atoms. The number of aromatic nitrogens is 6. The van der Waals surface area contributed by atoms with Crippen LogP contribution in [0.15, 0.2) is 166 Å². The van der Waals surface area contributed by atoms with Gasteiger partial charge in [0.1, 0.15) is 17.1 Å². The molecule has 0 amide bonds. The highest BCUT2D eigenvalue weighted by Crippen LogP contribution is 2.36. The normalized spacial score (nSPS) is 12.3. The van der Waals surface area contributed by atoms with Crippen molar-refractivity contribution in [3.05, 3.63) is 193 Å². The Labute approximate surface area is 372 Å². The molecule has 0 radical (unpaired) electrons. The van der Waals surface area contributed by atoms with Gasteiger partial charge in [0.15, 0.2) is 0 Å². The summed E-state index contributed by atoms with van der Waals surface area (Å²) < 4.78 is 55.3. The van der Waals surface area contributed by atoms with Gasteiger partial charge in [-0.2, -0.15) is 0 Å². The fraction of sp³-hybridized carbons (Fsp3) is 0.143. The van der Waals surface area contributed by atoms with Crippen molar-refractivity contribution in [2.75, 3.05) is 0 Å². The van der Waals surface area contributed by atoms with Crippen molar-refractivity contribution in [2.45, 2.75) is 44.8 Å². The number of hydrogen-bond donors (Lipinski definition) is 0. The van der Waals surface area contributed by atoms with Gasteiger partial charge in [0.25, 0.3) is 29.5 Å². The number of fused-ring (bicyclic) bond motifs is 3. The van der Waals surface area contributed by atoms with E-state index in [9.17, 15) is 31.9 Å². The minimum Gasteiger partial charge on any atom is -0.302 e. The third-order valence-electron chi connectivity index (χ3n) is 10.3. The molecule has 0 N–H and O–H groups in total. The summed E-state index contributed by atoms with van der Waals surface area (Å²) in [5.41, 5.74) is 5.35. The van der Waals surface area contributed by atoms with Gasteiger partial charge in [0.05, 0.1) is 46.2 Å². The Bertz CT molecular complexity index is 3290. The van der Waals surface area contributed by atoms with Gasteiger partial charge in [-0.05, 0) is 73.5 Å². The summed E-state index contributed by atoms with van der Waals surface area (Å²) in [4.78, 5) is 51.1. The smallest absolute Gasteiger partial charge is 0.277 e. The maximum atomic E-state index is 12.8. The average molecular weight is 904 g/mol. The van der Waals surface area contributed by atoms with E-state index in [2.05, 4.69) is 15.0 Å². The number of para-hydroxylation sites is 6. The van der Waals surface area contributed by atoms with Crippen molar-refractivity contribution in [1.82, 2.24) is 28.7 Å². The van der Waals surface area contributed by atoms with E-state index in [-0.39, 0.29) is 16.9 Å². The fourth-order valence-corrected chi connectivity index (χ4v) is 7.50. The topological polar surface area (TPSA) is 105 Å². The number of hydrogen-bond acceptors (Lipinski definition) is 6. The SMILES string of the molecule is O=c1c(-c2ccc(Cl)cc2)nc2ccccc2n1C1CC1.O=c1c(-c2ccc(Cl)cc2)nc2ccccc2n1CC(F)F.O=c1c(-c2ccccc2)nc2ccccc2n1CC(F)F. The van der Waals surface area contributed by atoms with Gasteiger partial charge in [-0.15, -0.1) is 0 Å². The van der Waals surface area contributed by atoms with Crippen molar-refractivity contribution >= 4 is 56.3 Å². The summed E-state index contributed by atoms with van der Waals surface area (Å²) in [5.74, 6) is 0. The summed E-state index contributed by atoms with van der Waals surface area (Å²) in [6.07, 6.45) is -3.10. The van der Waals surface area contributed by atoms with Crippen LogP contribution in [0.5, 0.6) is 0 Å². The zero-order valence-corrected chi connectivity index (χ0v) is 35.2. The molecule has 1 saturated carbocycles. The first kappa shape index (κ1) is 43.7. The lowest BCUT2D eigenvalue weighted by Gasteiger charge is -2.12. The second-order valence-electron chi connectivity index (χ2n) is 14.7. The molecular formula is C49H36Cl2F4N6O3. The zero-order valence-electron chi connectivity index (χ0n) is 33.7. The molecule has 1 aliphatic carbocycles. The molecule has 3 heterocycles. The second-order valence-corrected chi connectivity index (χ2v) is 15.6. The molecule has 9 aromatic rings. The average Bonchev–Trinajstić information content (AvgIpc) is 4.15. The van der Waals surface area contributed by atoms with Gasteiger partial charge in [-0.3, -0.25) is 23.5 Å². The first-order chi connectivity index (χ1) is 31.0. The van der Waals surface area contributed by atoms with E-state index in [1.165, 1.54) is 0 Å². The van der Waals surface area contributed by atoms with E-state index in [4.69, 9.17) is 23.2 Å². The van der Waals surface area contributed by atoms with Crippen LogP contribution in [0.25, 0.3) is 66.9 Å². The predicted octanol–water partition coefficient (Wildman–Crippen LogP) is 11.4. The van der Waals surface area contributed by atoms with Crippen LogP contribution < -0.4 is 16.7 Å². The Morgan fingerprint density at radius 1 is 0.453 bits per heavy atom. The molecular weight excluding hydrogens is 867 g/mol. The summed E-state index contributed by atoms with van der Waals surface area (Å²) in [6.45, 7) is -1.30. The summed E-state index contributed by atoms with van der Waals surface area (Å²) >= 11 is 11.8. The van der Waals surface area contributed by atoms with E-state index in [1.54, 1.807) is 109 Å². The van der Waals surface area contributed by atoms with Gasteiger partial charge < -0.3 is 4.57 Å². The number of benzene rings is 6. The van der Waals surface area contributed by atoms with Gasteiger partial charge >= 0.3 is 0 Å². The van der Waals surface area contributed by atoms with Gasteiger partial charge in [0, 0.05) is 32.8 Å². The minimum atomic E-state index is -2.62. The molecule has 0 saturated heterocycles. The maximum absolute atomic E-state index is 12.8. The predicted molar refractivity (Wildman–Crippen MR) is 245 cm³/mol. The van der Waals surface area contributed by atoms with E-state index >= 15 is 0 Å². The molecule has 1 fully saturated rings. The summed E-state index contributed by atoms with van der Waals surface area (Å²) in [7, 11) is 0. The molecule has 0 aliphatic heterocycles. The Balaban J connectivity index is 0.000000131. The van der Waals surface area contributed by atoms with Crippen LogP contribution in [0.1, 0.15) is 18.9 Å². The maximum Gasteiger partial charge on any atom is 0.277 e. The fourth-order valence-electron chi connectivity index (χ4n) is 7.25. The van der Waals surface area contributed by atoms with Gasteiger partial charge in [-0.1, -0.05) is 114 Å². The number of nitrogens with zero attached hydrogens (tertiary/aromatic N) is 6. The highest BCUT2D eigenvalue weighted by atomic mass is 35.5. The van der Waals surface area contributed by atoms with Crippen LogP contribution in [-0.4, -0.2) is 41.5 Å². The van der Waals surface area contributed by atoms with Crippen molar-refractivity contribution in [2.24, 2.45) is 0 Å². The van der Waals surface area contributed by atoms with Crippen LogP contribution in [-0.2, 0) is 13.1 Å². The standard InChI is InChI=1S/C17H13ClN2O.C16H11ClF2N2O.C16H12F2N2O/c18-12-7-5-11(6-8-12)16-17(21)20(13-9-10-13)15-4-2-1-3-14(15)19-16;17-11-7-5-10(6-8-11)15-16(22)21(9-14(18)19)13-4-2-1-3-12(13)20-15;17-14(18)10-20-13-9-5-4-8-12(13)19-15(16(20)21)11-6-2-1-3-7-11/h1-8,13H,9-10H2;1-8,14H,9H2;1-9,14H,10H2. The number of halogens is 6. The molecule has 64 heavy (non-hydrogen) atoms. The lowest BCUT2D eigenvalue weighted by atomic mass is 10.1. The zero-order chi connectivity index (χ0) is 44.9. The molecule has 0 atom stereocenters. The molecule has 6 aromatic carbocycles. The van der Waals surface area contributed by atoms with Gasteiger partial charge in [0.2, 0.25) is 0 Å². The Hall–Kier alpha value is -6.96. The van der Waals surface area contributed by atoms with Crippen LogP contribution in [0, 0.1) is 0 Å². The molecule has 0 unspecified atom stereocenters. The first-order valence-corrected chi connectivity index (χ1v) is 20.9. The summed E-state index contributed by atoms with van der Waals surface area (Å²) in [5, 5.41) is 1.18. The Kier molecular flexibility index (Phi) is 13.1. The van der Waals surface area contributed by atoms with E-state index in [1.807, 2.05) is 47.0 Å². The molecule has 0 bridgehead atoms. The Morgan fingerprint density at radius 2 is 0.797 bits per heavy atom. The molecule has 1 aliphatic rings. The number of rotatable bonds is 8. The Morgan fingerprint density at radius 3 is 1.20 bits per heavy atom. The third-order valence-corrected chi connectivity index (χ3v) is 10.8. The molecule has 10 rings (SSSR count). The van der Waals surface area contributed by atoms with E-state index in [0.29, 0.717) is 55.0 Å². The molecule has 9 nitrogen and oxygen atoms in total. The summed E-state index contributed by atoms with van der Waals surface area (Å²) in [6, 6.07) is 44.4. The monoisotopic (exact) mass is 902 g/mol. The lowest BCUT2D eigenvalue weighted by molar-refractivity contribution is 0.126. The van der Waals surface area contributed by atoms with Crippen molar-refractivity contribution in [1.29, 1.82) is 0 Å². The van der Waals surface area contributed by atoms with E-state index in [0.717, 1.165) is 38.6 Å². The van der Waals surface area contributed by atoms with Crippen LogP contribution >= 0.6 is 23.2 Å². The second kappa shape index (κ2) is 19.2. The molecule has 3 aromatic heterocycles. The van der Waals surface area contributed by atoms with Crippen LogP contribution in [0.3, 0.4) is 0 Å². The quantitative estimate of drug-likeness (QED) is 0.141. The minimum absolute atomic E-state index is 0.0153. The van der Waals surface area contributed by atoms with Crippen molar-refractivity contribution < 1.29 is 17.6 Å². The van der Waals surface area contributed by atoms with Crippen LogP contribution in [0.4, 0.5) is 17.6 Å². The largest absolute Gasteiger partial charge is 0.302 e. The lowest BCUT2D eigenvalue weighted by Crippen LogP contribution is -2.26. The van der Waals surface area contributed by atoms with E-state index < -0.39 is 37.1 Å². The van der Waals surface area contributed by atoms with Crippen LogP contribution in [0.2, 0.25) is 10.0 Å². The number of alkyl halides is 4. The van der Waals surface area contributed by atoms with Crippen molar-refractivity contribution in [3.63, 3.8) is 0 Å². The molecule has 15 heteroatoms. The van der Waals surface area contributed by atoms with Crippen molar-refractivity contribution in [3.8, 4) is 33.8 Å². The highest BCUT2D eigenvalue weighted by Gasteiger charge is 2.28. The molecule has 322 valence electrons. The van der Waals surface area contributed by atoms with Gasteiger partial charge in [-0.25, -0.2) is 32.5 Å². The highest BCUT2D eigenvalue weighted by molar-refractivity contribution is 6.30. The third kappa shape index (κ3) is 9.65.